The van der Waals surface area contributed by atoms with Crippen molar-refractivity contribution in [3.8, 4) is 11.5 Å². The van der Waals surface area contributed by atoms with Gasteiger partial charge in [0, 0.05) is 11.6 Å². The van der Waals surface area contributed by atoms with Crippen molar-refractivity contribution in [2.75, 3.05) is 26.9 Å². The molecular formula is C32H48O6. The Balaban J connectivity index is 1.64. The van der Waals surface area contributed by atoms with E-state index in [9.17, 15) is 9.59 Å². The van der Waals surface area contributed by atoms with Crippen molar-refractivity contribution in [1.82, 2.24) is 0 Å². The molecule has 1 saturated carbocycles. The molecule has 6 nitrogen and oxygen atoms in total. The molecule has 1 aromatic rings. The molecular weight excluding hydrogens is 480 g/mol. The molecule has 0 heterocycles. The highest BCUT2D eigenvalue weighted by molar-refractivity contribution is 5.87. The largest absolute Gasteiger partial charge is 0.493 e. The van der Waals surface area contributed by atoms with E-state index in [0.29, 0.717) is 30.5 Å². The lowest BCUT2D eigenvalue weighted by Gasteiger charge is -2.28. The van der Waals surface area contributed by atoms with E-state index in [4.69, 9.17) is 18.9 Å². The van der Waals surface area contributed by atoms with Crippen molar-refractivity contribution in [1.29, 1.82) is 0 Å². The van der Waals surface area contributed by atoms with Gasteiger partial charge in [-0.25, -0.2) is 9.59 Å². The fourth-order valence-electron chi connectivity index (χ4n) is 4.72. The van der Waals surface area contributed by atoms with Gasteiger partial charge in [0.05, 0.1) is 26.9 Å². The molecule has 0 radical (unpaired) electrons. The fraction of sp³-hybridized carbons (Fsp3) is 0.625. The molecule has 0 amide bonds. The number of carbonyl (C=O) groups excluding carboxylic acids is 2. The maximum absolute atomic E-state index is 12.1. The van der Waals surface area contributed by atoms with E-state index in [2.05, 4.69) is 13.5 Å². The Bertz CT molecular complexity index is 882. The highest BCUT2D eigenvalue weighted by Crippen LogP contribution is 2.34. The number of benzene rings is 1. The molecule has 212 valence electrons. The number of hydrogen-bond donors (Lipinski definition) is 0. The monoisotopic (exact) mass is 528 g/mol. The Hall–Kier alpha value is -2.76. The zero-order chi connectivity index (χ0) is 27.6. The molecule has 0 aliphatic heterocycles. The van der Waals surface area contributed by atoms with Crippen molar-refractivity contribution in [2.45, 2.75) is 90.9 Å². The molecule has 38 heavy (non-hydrogen) atoms. The highest BCUT2D eigenvalue weighted by atomic mass is 16.5. The van der Waals surface area contributed by atoms with Crippen LogP contribution in [0.15, 0.2) is 36.4 Å². The van der Waals surface area contributed by atoms with Crippen molar-refractivity contribution < 1.29 is 28.5 Å². The van der Waals surface area contributed by atoms with E-state index in [1.54, 1.807) is 20.1 Å². The summed E-state index contributed by atoms with van der Waals surface area (Å²) in [4.78, 5) is 23.4. The van der Waals surface area contributed by atoms with Gasteiger partial charge < -0.3 is 18.9 Å². The molecule has 0 N–H and O–H groups in total. The third-order valence-electron chi connectivity index (χ3n) is 7.12. The van der Waals surface area contributed by atoms with Gasteiger partial charge in [0.1, 0.15) is 0 Å². The van der Waals surface area contributed by atoms with Crippen molar-refractivity contribution in [3.05, 3.63) is 42.0 Å². The summed E-state index contributed by atoms with van der Waals surface area (Å²) in [6, 6.07) is 5.71. The lowest BCUT2D eigenvalue weighted by molar-refractivity contribution is -0.139. The minimum Gasteiger partial charge on any atom is -0.493 e. The SMILES string of the molecule is C=C(C)C(=O)OCCCCCCOC(=O)C=Cc1ccc(OCC2CCC(CCCCC)CC2)c(OC)c1. The minimum absolute atomic E-state index is 0.351. The predicted molar refractivity (Wildman–Crippen MR) is 152 cm³/mol. The third-order valence-corrected chi connectivity index (χ3v) is 7.12. The summed E-state index contributed by atoms with van der Waals surface area (Å²) in [6.45, 7) is 8.93. The number of hydrogen-bond acceptors (Lipinski definition) is 6. The van der Waals surface area contributed by atoms with Crippen LogP contribution in [0, 0.1) is 11.8 Å². The topological polar surface area (TPSA) is 71.1 Å². The highest BCUT2D eigenvalue weighted by Gasteiger charge is 2.21. The van der Waals surface area contributed by atoms with Gasteiger partial charge in [-0.15, -0.1) is 0 Å². The van der Waals surface area contributed by atoms with Gasteiger partial charge in [0.25, 0.3) is 0 Å². The Labute approximate surface area is 229 Å². The maximum Gasteiger partial charge on any atom is 0.333 e. The summed E-state index contributed by atoms with van der Waals surface area (Å²) in [5.74, 6) is 2.20. The molecule has 1 aliphatic carbocycles. The number of carbonyl (C=O) groups is 2. The summed E-state index contributed by atoms with van der Waals surface area (Å²) in [5.41, 5.74) is 1.26. The molecule has 1 aromatic carbocycles. The molecule has 0 atom stereocenters. The minimum atomic E-state index is -0.370. The zero-order valence-electron chi connectivity index (χ0n) is 23.8. The number of ether oxygens (including phenoxy) is 4. The molecule has 6 heteroatoms. The lowest BCUT2D eigenvalue weighted by atomic mass is 9.80. The Morgan fingerprint density at radius 2 is 1.61 bits per heavy atom. The summed E-state index contributed by atoms with van der Waals surface area (Å²) >= 11 is 0. The zero-order valence-corrected chi connectivity index (χ0v) is 23.8. The van der Waals surface area contributed by atoms with Crippen LogP contribution in [-0.4, -0.2) is 38.9 Å². The number of unbranched alkanes of at least 4 members (excludes halogenated alkanes) is 5. The smallest absolute Gasteiger partial charge is 0.333 e. The molecule has 0 bridgehead atoms. The van der Waals surface area contributed by atoms with Crippen LogP contribution in [0.1, 0.15) is 96.5 Å². The molecule has 2 rings (SSSR count). The van der Waals surface area contributed by atoms with Crippen LogP contribution < -0.4 is 9.47 Å². The molecule has 0 saturated heterocycles. The second-order valence-corrected chi connectivity index (χ2v) is 10.4. The van der Waals surface area contributed by atoms with Gasteiger partial charge in [-0.1, -0.05) is 58.1 Å². The summed E-state index contributed by atoms with van der Waals surface area (Å²) in [6.07, 6.45) is 17.1. The van der Waals surface area contributed by atoms with Gasteiger partial charge in [-0.3, -0.25) is 0 Å². The quantitative estimate of drug-likeness (QED) is 0.110. The second kappa shape index (κ2) is 18.5. The van der Waals surface area contributed by atoms with E-state index in [0.717, 1.165) is 49.5 Å². The van der Waals surface area contributed by atoms with Crippen LogP contribution in [0.25, 0.3) is 6.08 Å². The lowest BCUT2D eigenvalue weighted by Crippen LogP contribution is -2.20. The van der Waals surface area contributed by atoms with Crippen LogP contribution >= 0.6 is 0 Å². The predicted octanol–water partition coefficient (Wildman–Crippen LogP) is 7.70. The van der Waals surface area contributed by atoms with E-state index in [1.807, 2.05) is 18.2 Å². The number of esters is 2. The Morgan fingerprint density at radius 1 is 0.921 bits per heavy atom. The number of rotatable bonds is 18. The Morgan fingerprint density at radius 3 is 2.26 bits per heavy atom. The summed E-state index contributed by atoms with van der Waals surface area (Å²) in [7, 11) is 1.63. The first-order chi connectivity index (χ1) is 18.4. The fourth-order valence-corrected chi connectivity index (χ4v) is 4.72. The molecule has 0 aromatic heterocycles. The van der Waals surface area contributed by atoms with E-state index in [-0.39, 0.29) is 11.9 Å². The van der Waals surface area contributed by atoms with Gasteiger partial charge in [0.15, 0.2) is 11.5 Å². The van der Waals surface area contributed by atoms with E-state index >= 15 is 0 Å². The Kier molecular flexibility index (Phi) is 15.3. The molecule has 1 fully saturated rings. The first-order valence-corrected chi connectivity index (χ1v) is 14.4. The first kappa shape index (κ1) is 31.5. The van der Waals surface area contributed by atoms with Crippen molar-refractivity contribution in [2.24, 2.45) is 11.8 Å². The van der Waals surface area contributed by atoms with Crippen LogP contribution in [0.5, 0.6) is 11.5 Å². The van der Waals surface area contributed by atoms with Gasteiger partial charge in [-0.05, 0) is 81.1 Å². The summed E-state index contributed by atoms with van der Waals surface area (Å²) < 4.78 is 22.0. The van der Waals surface area contributed by atoms with Gasteiger partial charge in [-0.2, -0.15) is 0 Å². The molecule has 1 aliphatic rings. The van der Waals surface area contributed by atoms with Crippen LogP contribution in [0.4, 0.5) is 0 Å². The first-order valence-electron chi connectivity index (χ1n) is 14.4. The van der Waals surface area contributed by atoms with Crippen LogP contribution in [0.3, 0.4) is 0 Å². The van der Waals surface area contributed by atoms with Gasteiger partial charge in [0.2, 0.25) is 0 Å². The molecule has 0 unspecified atom stereocenters. The number of methoxy groups -OCH3 is 1. The van der Waals surface area contributed by atoms with Crippen molar-refractivity contribution >= 4 is 18.0 Å². The maximum atomic E-state index is 12.1. The normalized spacial score (nSPS) is 17.2. The third kappa shape index (κ3) is 12.7. The van der Waals surface area contributed by atoms with E-state index < -0.39 is 0 Å². The van der Waals surface area contributed by atoms with E-state index in [1.165, 1.54) is 57.4 Å². The summed E-state index contributed by atoms with van der Waals surface area (Å²) in [5, 5.41) is 0. The van der Waals surface area contributed by atoms with Gasteiger partial charge >= 0.3 is 11.9 Å². The second-order valence-electron chi connectivity index (χ2n) is 10.4. The van der Waals surface area contributed by atoms with Crippen molar-refractivity contribution in [3.63, 3.8) is 0 Å². The molecule has 0 spiro atoms. The average molecular weight is 529 g/mol. The average Bonchev–Trinajstić information content (AvgIpc) is 2.93. The van der Waals surface area contributed by atoms with Crippen LogP contribution in [0.2, 0.25) is 0 Å². The van der Waals surface area contributed by atoms with Crippen LogP contribution in [-0.2, 0) is 19.1 Å². The standard InChI is InChI=1S/C32H48O6/c1-5-6-9-12-26-13-15-28(16-14-26)24-38-29-19-17-27(23-30(29)35-4)18-20-31(33)36-21-10-7-8-11-22-37-32(34)25(2)3/h17-20,23,26,28H,2,5-16,21-22,24H2,1,3-4H3.